The van der Waals surface area contributed by atoms with Gasteiger partial charge in [0.25, 0.3) is 5.91 Å². The maximum atomic E-state index is 13.1. The number of aliphatic imine (C=N–C) groups is 1. The van der Waals surface area contributed by atoms with Crippen molar-refractivity contribution in [2.75, 3.05) is 32.5 Å². The Morgan fingerprint density at radius 2 is 1.67 bits per heavy atom. The van der Waals surface area contributed by atoms with Crippen LogP contribution in [0.5, 0.6) is 0 Å². The van der Waals surface area contributed by atoms with Crippen LogP contribution in [0.25, 0.3) is 22.5 Å². The van der Waals surface area contributed by atoms with E-state index in [0.29, 0.717) is 23.8 Å². The van der Waals surface area contributed by atoms with Crippen LogP contribution < -0.4 is 16.4 Å². The van der Waals surface area contributed by atoms with Gasteiger partial charge in [-0.25, -0.2) is 4.68 Å². The number of amidine groups is 1. The number of benzene rings is 3. The lowest BCUT2D eigenvalue weighted by Gasteiger charge is -2.13. The summed E-state index contributed by atoms with van der Waals surface area (Å²) in [6, 6.07) is 27.1. The van der Waals surface area contributed by atoms with Crippen molar-refractivity contribution in [3.63, 3.8) is 0 Å². The molecule has 39 heavy (non-hydrogen) atoms. The molecule has 1 aromatic heterocycles. The van der Waals surface area contributed by atoms with Gasteiger partial charge in [-0.3, -0.25) is 9.79 Å². The Balaban J connectivity index is 1.53. The number of amides is 1. The summed E-state index contributed by atoms with van der Waals surface area (Å²) in [7, 11) is 3.95. The molecule has 0 fully saturated rings. The topological polar surface area (TPSA) is 101 Å². The molecule has 8 nitrogen and oxygen atoms in total. The first-order chi connectivity index (χ1) is 18.9. The number of nitrogens with zero attached hydrogens (tertiary/aromatic N) is 4. The highest BCUT2D eigenvalue weighted by Crippen LogP contribution is 2.24. The van der Waals surface area contributed by atoms with Crippen LogP contribution >= 0.6 is 0 Å². The number of nitrogens with two attached hydrogens (primary N) is 1. The number of rotatable bonds is 10. The van der Waals surface area contributed by atoms with E-state index in [1.165, 1.54) is 6.08 Å². The number of hydrogen-bond acceptors (Lipinski definition) is 5. The Morgan fingerprint density at radius 3 is 2.38 bits per heavy atom. The maximum absolute atomic E-state index is 13.1. The summed E-state index contributed by atoms with van der Waals surface area (Å²) in [5.74, 6) is -0.00320. The van der Waals surface area contributed by atoms with Crippen LogP contribution in [0.15, 0.2) is 121 Å². The average Bonchev–Trinajstić information content (AvgIpc) is 3.44. The van der Waals surface area contributed by atoms with E-state index in [4.69, 9.17) is 5.73 Å². The lowest BCUT2D eigenvalue weighted by molar-refractivity contribution is -0.112. The van der Waals surface area contributed by atoms with Crippen molar-refractivity contribution >= 4 is 23.1 Å². The second-order valence-corrected chi connectivity index (χ2v) is 9.15. The molecule has 4 rings (SSSR count). The van der Waals surface area contributed by atoms with Gasteiger partial charge in [-0.1, -0.05) is 79.4 Å². The molecular formula is C31H33N7O. The number of anilines is 1. The lowest BCUT2D eigenvalue weighted by atomic mass is 10.1. The number of carbonyl (C=O) groups is 1. The van der Waals surface area contributed by atoms with E-state index in [-0.39, 0.29) is 5.70 Å². The minimum Gasteiger partial charge on any atom is -0.394 e. The average molecular weight is 520 g/mol. The van der Waals surface area contributed by atoms with E-state index in [9.17, 15) is 4.79 Å². The van der Waals surface area contributed by atoms with Crippen LogP contribution in [-0.4, -0.2) is 53.6 Å². The third-order valence-electron chi connectivity index (χ3n) is 5.87. The summed E-state index contributed by atoms with van der Waals surface area (Å²) in [5.41, 5.74) is 11.1. The van der Waals surface area contributed by atoms with Crippen LogP contribution in [0.4, 0.5) is 5.69 Å². The summed E-state index contributed by atoms with van der Waals surface area (Å²) in [5, 5.41) is 10.6. The van der Waals surface area contributed by atoms with Crippen molar-refractivity contribution in [2.24, 2.45) is 10.7 Å². The van der Waals surface area contributed by atoms with Gasteiger partial charge in [0.05, 0.1) is 24.1 Å². The van der Waals surface area contributed by atoms with Gasteiger partial charge >= 0.3 is 0 Å². The Bertz CT molecular complexity index is 1470. The van der Waals surface area contributed by atoms with Gasteiger partial charge in [-0.2, -0.15) is 5.10 Å². The molecule has 0 saturated heterocycles. The van der Waals surface area contributed by atoms with Gasteiger partial charge in [0, 0.05) is 30.1 Å². The van der Waals surface area contributed by atoms with Crippen molar-refractivity contribution in [3.05, 3.63) is 121 Å². The summed E-state index contributed by atoms with van der Waals surface area (Å²) >= 11 is 0. The number of likely N-dealkylation sites (N-methyl/N-ethyl adjacent to an activating group) is 1. The Kier molecular flexibility index (Phi) is 9.05. The van der Waals surface area contributed by atoms with Crippen molar-refractivity contribution in [1.29, 1.82) is 0 Å². The highest BCUT2D eigenvalue weighted by Gasteiger charge is 2.13. The largest absolute Gasteiger partial charge is 0.394 e. The number of aromatic nitrogens is 2. The maximum Gasteiger partial charge on any atom is 0.271 e. The van der Waals surface area contributed by atoms with E-state index in [1.54, 1.807) is 10.9 Å². The smallest absolute Gasteiger partial charge is 0.271 e. The molecule has 0 spiro atoms. The zero-order chi connectivity index (χ0) is 27.6. The fraction of sp³-hybridized carbons (Fsp3) is 0.129. The van der Waals surface area contributed by atoms with Gasteiger partial charge in [0.1, 0.15) is 11.5 Å². The molecule has 4 aromatic rings. The highest BCUT2D eigenvalue weighted by molar-refractivity contribution is 6.10. The SMILES string of the molecule is C=C(NC(/C=C(\N)C(=O)Nc1ccccc1-n1cc(-c2ccccc2)cn1)=NCCN(C)C)c1ccccc1. The number of nitrogens with one attached hydrogen (secondary N) is 2. The quantitative estimate of drug-likeness (QED) is 0.162. The van der Waals surface area contributed by atoms with E-state index in [0.717, 1.165) is 28.9 Å². The van der Waals surface area contributed by atoms with Crippen molar-refractivity contribution in [1.82, 2.24) is 20.0 Å². The summed E-state index contributed by atoms with van der Waals surface area (Å²) in [6.07, 6.45) is 5.25. The van der Waals surface area contributed by atoms with Crippen LogP contribution in [0.1, 0.15) is 5.56 Å². The Labute approximate surface area is 229 Å². The first kappa shape index (κ1) is 27.1. The molecule has 0 aliphatic carbocycles. The van der Waals surface area contributed by atoms with Gasteiger partial charge in [-0.05, 0) is 37.4 Å². The third-order valence-corrected chi connectivity index (χ3v) is 5.87. The lowest BCUT2D eigenvalue weighted by Crippen LogP contribution is -2.27. The van der Waals surface area contributed by atoms with Crippen molar-refractivity contribution < 1.29 is 4.79 Å². The zero-order valence-electron chi connectivity index (χ0n) is 22.2. The summed E-state index contributed by atoms with van der Waals surface area (Å²) in [6.45, 7) is 5.38. The fourth-order valence-corrected chi connectivity index (χ4v) is 3.78. The van der Waals surface area contributed by atoms with Gasteiger partial charge in [0.15, 0.2) is 0 Å². The monoisotopic (exact) mass is 519 g/mol. The Morgan fingerprint density at radius 1 is 1.00 bits per heavy atom. The van der Waals surface area contributed by atoms with Gasteiger partial charge in [-0.15, -0.1) is 0 Å². The standard InChI is InChI=1S/C31H33N7O/c1-23(24-12-6-4-7-13-24)35-30(33-18-19-37(2)3)20-27(32)31(39)36-28-16-10-11-17-29(28)38-22-26(21-34-38)25-14-8-5-9-15-25/h4-17,20-22H,1,18-19,32H2,2-3H3,(H,33,35)(H,36,39)/b27-20-. The molecule has 0 saturated carbocycles. The summed E-state index contributed by atoms with van der Waals surface area (Å²) < 4.78 is 1.73. The zero-order valence-corrected chi connectivity index (χ0v) is 22.2. The molecule has 1 heterocycles. The van der Waals surface area contributed by atoms with Crippen LogP contribution in [0.3, 0.4) is 0 Å². The highest BCUT2D eigenvalue weighted by atomic mass is 16.2. The van der Waals surface area contributed by atoms with Gasteiger partial charge < -0.3 is 21.3 Å². The molecule has 4 N–H and O–H groups in total. The number of carbonyl (C=O) groups excluding carboxylic acids is 1. The van der Waals surface area contributed by atoms with E-state index < -0.39 is 5.91 Å². The normalized spacial score (nSPS) is 11.9. The molecule has 0 unspecified atom stereocenters. The minimum atomic E-state index is -0.453. The molecule has 0 aliphatic rings. The molecular weight excluding hydrogens is 486 g/mol. The molecule has 198 valence electrons. The van der Waals surface area contributed by atoms with E-state index >= 15 is 0 Å². The molecule has 0 bridgehead atoms. The van der Waals surface area contributed by atoms with Crippen LogP contribution in [0, 0.1) is 0 Å². The first-order valence-electron chi connectivity index (χ1n) is 12.6. The van der Waals surface area contributed by atoms with Crippen LogP contribution in [0.2, 0.25) is 0 Å². The third kappa shape index (κ3) is 7.53. The second-order valence-electron chi connectivity index (χ2n) is 9.15. The fourth-order valence-electron chi connectivity index (χ4n) is 3.78. The minimum absolute atomic E-state index is 0.00667. The van der Waals surface area contributed by atoms with Crippen LogP contribution in [-0.2, 0) is 4.79 Å². The summed E-state index contributed by atoms with van der Waals surface area (Å²) in [4.78, 5) is 19.8. The van der Waals surface area contributed by atoms with Crippen molar-refractivity contribution in [2.45, 2.75) is 0 Å². The molecule has 0 aliphatic heterocycles. The predicted molar refractivity (Wildman–Crippen MR) is 159 cm³/mol. The number of para-hydroxylation sites is 2. The van der Waals surface area contributed by atoms with E-state index in [1.807, 2.05) is 110 Å². The predicted octanol–water partition coefficient (Wildman–Crippen LogP) is 4.54. The molecule has 0 radical (unpaired) electrons. The van der Waals surface area contributed by atoms with E-state index in [2.05, 4.69) is 27.3 Å². The van der Waals surface area contributed by atoms with Gasteiger partial charge in [0.2, 0.25) is 0 Å². The second kappa shape index (κ2) is 13.0. The first-order valence-corrected chi connectivity index (χ1v) is 12.6. The molecule has 1 amide bonds. The number of hydrogen-bond donors (Lipinski definition) is 3. The van der Waals surface area contributed by atoms with Crippen molar-refractivity contribution in [3.8, 4) is 16.8 Å². The molecule has 3 aromatic carbocycles. The Hall–Kier alpha value is -4.95. The molecule has 0 atom stereocenters. The molecule has 8 heteroatoms.